The fraction of sp³-hybridized carbons (Fsp3) is 0.300. The first-order valence-electron chi connectivity index (χ1n) is 8.12. The Hall–Kier alpha value is -2.42. The van der Waals surface area contributed by atoms with Gasteiger partial charge >= 0.3 is 0 Å². The molecule has 0 unspecified atom stereocenters. The quantitative estimate of drug-likeness (QED) is 0.661. The number of carbonyl (C=O) groups is 1. The van der Waals surface area contributed by atoms with Gasteiger partial charge in [-0.25, -0.2) is 5.43 Å². The number of benzene rings is 2. The summed E-state index contributed by atoms with van der Waals surface area (Å²) in [7, 11) is 0. The van der Waals surface area contributed by atoms with Crippen LogP contribution in [0.25, 0.3) is 0 Å². The van der Waals surface area contributed by atoms with Gasteiger partial charge < -0.3 is 0 Å². The number of nitrogens with one attached hydrogen (secondary N) is 1. The largest absolute Gasteiger partial charge is 0.273 e. The first-order valence-corrected chi connectivity index (χ1v) is 8.12. The van der Waals surface area contributed by atoms with E-state index >= 15 is 0 Å². The van der Waals surface area contributed by atoms with Gasteiger partial charge in [0.1, 0.15) is 0 Å². The van der Waals surface area contributed by atoms with Crippen molar-refractivity contribution in [2.45, 2.75) is 32.1 Å². The molecule has 1 amide bonds. The Morgan fingerprint density at radius 1 is 1.09 bits per heavy atom. The van der Waals surface area contributed by atoms with E-state index in [1.165, 1.54) is 11.1 Å². The van der Waals surface area contributed by atoms with E-state index in [4.69, 9.17) is 0 Å². The first-order chi connectivity index (χ1) is 11.2. The lowest BCUT2D eigenvalue weighted by Crippen LogP contribution is -2.26. The van der Waals surface area contributed by atoms with Crippen LogP contribution in [-0.4, -0.2) is 11.6 Å². The van der Waals surface area contributed by atoms with Gasteiger partial charge in [0.05, 0.1) is 5.92 Å². The Kier molecular flexibility index (Phi) is 4.28. The van der Waals surface area contributed by atoms with Gasteiger partial charge in [-0.05, 0) is 30.9 Å². The molecular weight excluding hydrogens is 284 g/mol. The van der Waals surface area contributed by atoms with Gasteiger partial charge in [-0.15, -0.1) is 0 Å². The summed E-state index contributed by atoms with van der Waals surface area (Å²) >= 11 is 0. The summed E-state index contributed by atoms with van der Waals surface area (Å²) in [6, 6.07) is 20.6. The summed E-state index contributed by atoms with van der Waals surface area (Å²) in [4.78, 5) is 12.6. The van der Waals surface area contributed by atoms with Crippen molar-refractivity contribution in [3.05, 3.63) is 71.8 Å². The molecule has 3 heteroatoms. The molecule has 0 heterocycles. The van der Waals surface area contributed by atoms with Gasteiger partial charge in [0.2, 0.25) is 5.91 Å². The van der Waals surface area contributed by atoms with Crippen LogP contribution in [0.15, 0.2) is 65.8 Å². The minimum absolute atomic E-state index is 0.00510. The smallest absolute Gasteiger partial charge is 0.244 e. The molecule has 0 spiro atoms. The number of amides is 1. The SMILES string of the molecule is CCC(C)=NNC(=O)[C@H]1CC1(c1ccccc1)c1ccccc1. The van der Waals surface area contributed by atoms with Crippen LogP contribution in [0.2, 0.25) is 0 Å². The second-order valence-electron chi connectivity index (χ2n) is 6.14. The molecule has 0 aromatic heterocycles. The molecule has 23 heavy (non-hydrogen) atoms. The molecular formula is C20H22N2O. The molecule has 1 N–H and O–H groups in total. The fourth-order valence-corrected chi connectivity index (χ4v) is 3.16. The Morgan fingerprint density at radius 3 is 2.09 bits per heavy atom. The topological polar surface area (TPSA) is 41.5 Å². The third-order valence-corrected chi connectivity index (χ3v) is 4.72. The Morgan fingerprint density at radius 2 is 1.61 bits per heavy atom. The summed E-state index contributed by atoms with van der Waals surface area (Å²) in [6.45, 7) is 3.95. The number of rotatable bonds is 5. The summed E-state index contributed by atoms with van der Waals surface area (Å²) in [5, 5.41) is 4.17. The van der Waals surface area contributed by atoms with Crippen LogP contribution in [0.3, 0.4) is 0 Å². The highest BCUT2D eigenvalue weighted by Crippen LogP contribution is 2.58. The van der Waals surface area contributed by atoms with Gasteiger partial charge in [-0.2, -0.15) is 5.10 Å². The zero-order valence-corrected chi connectivity index (χ0v) is 13.6. The third kappa shape index (κ3) is 2.91. The van der Waals surface area contributed by atoms with Crippen LogP contribution in [-0.2, 0) is 10.2 Å². The lowest BCUT2D eigenvalue weighted by atomic mass is 9.85. The number of hydrogen-bond acceptors (Lipinski definition) is 2. The zero-order chi connectivity index (χ0) is 16.3. The maximum atomic E-state index is 12.6. The van der Waals surface area contributed by atoms with E-state index in [0.717, 1.165) is 18.6 Å². The van der Waals surface area contributed by atoms with Gasteiger partial charge in [0, 0.05) is 11.1 Å². The molecule has 1 saturated carbocycles. The maximum Gasteiger partial charge on any atom is 0.244 e. The average Bonchev–Trinajstić information content (AvgIpc) is 3.38. The van der Waals surface area contributed by atoms with Gasteiger partial charge in [-0.1, -0.05) is 67.6 Å². The number of carbonyl (C=O) groups excluding carboxylic acids is 1. The monoisotopic (exact) mass is 306 g/mol. The number of hydrazone groups is 1. The van der Waals surface area contributed by atoms with Crippen molar-refractivity contribution < 1.29 is 4.79 Å². The highest BCUT2D eigenvalue weighted by molar-refractivity contribution is 5.88. The molecule has 2 aromatic rings. The van der Waals surface area contributed by atoms with E-state index in [-0.39, 0.29) is 17.2 Å². The van der Waals surface area contributed by atoms with Crippen LogP contribution < -0.4 is 5.43 Å². The predicted octanol–water partition coefficient (Wildman–Crippen LogP) is 3.89. The van der Waals surface area contributed by atoms with E-state index in [2.05, 4.69) is 34.8 Å². The third-order valence-electron chi connectivity index (χ3n) is 4.72. The molecule has 1 atom stereocenters. The van der Waals surface area contributed by atoms with Crippen LogP contribution >= 0.6 is 0 Å². The summed E-state index contributed by atoms with van der Waals surface area (Å²) in [5.74, 6) is -0.0637. The van der Waals surface area contributed by atoms with Crippen LogP contribution in [0.4, 0.5) is 0 Å². The normalized spacial score (nSPS) is 19.2. The van der Waals surface area contributed by atoms with Crippen molar-refractivity contribution >= 4 is 11.6 Å². The lowest BCUT2D eigenvalue weighted by Gasteiger charge is -2.18. The second-order valence-corrected chi connectivity index (χ2v) is 6.14. The van der Waals surface area contributed by atoms with E-state index < -0.39 is 0 Å². The Labute approximate surface area is 137 Å². The zero-order valence-electron chi connectivity index (χ0n) is 13.6. The lowest BCUT2D eigenvalue weighted by molar-refractivity contribution is -0.122. The molecule has 1 aliphatic carbocycles. The van der Waals surface area contributed by atoms with E-state index in [1.807, 2.05) is 50.2 Å². The standard InChI is InChI=1S/C20H22N2O/c1-3-15(2)21-22-19(23)18-14-20(18,16-10-6-4-7-11-16)17-12-8-5-9-13-17/h4-13,18H,3,14H2,1-2H3,(H,22,23)/t18-/m1/s1. The van der Waals surface area contributed by atoms with Crippen LogP contribution in [0.5, 0.6) is 0 Å². The van der Waals surface area contributed by atoms with Crippen molar-refractivity contribution in [1.82, 2.24) is 5.43 Å². The molecule has 0 radical (unpaired) electrons. The first kappa shape index (κ1) is 15.5. The molecule has 118 valence electrons. The van der Waals surface area contributed by atoms with Crippen molar-refractivity contribution in [2.24, 2.45) is 11.0 Å². The molecule has 3 rings (SSSR count). The van der Waals surface area contributed by atoms with Crippen molar-refractivity contribution in [3.63, 3.8) is 0 Å². The van der Waals surface area contributed by atoms with Gasteiger partial charge in [-0.3, -0.25) is 4.79 Å². The minimum atomic E-state index is -0.220. The fourth-order valence-electron chi connectivity index (χ4n) is 3.16. The summed E-state index contributed by atoms with van der Waals surface area (Å²) in [6.07, 6.45) is 1.67. The van der Waals surface area contributed by atoms with Crippen molar-refractivity contribution in [1.29, 1.82) is 0 Å². The number of nitrogens with zero attached hydrogens (tertiary/aromatic N) is 1. The minimum Gasteiger partial charge on any atom is -0.273 e. The molecule has 0 bridgehead atoms. The number of hydrogen-bond donors (Lipinski definition) is 1. The molecule has 3 nitrogen and oxygen atoms in total. The average molecular weight is 306 g/mol. The van der Waals surface area contributed by atoms with Crippen LogP contribution in [0.1, 0.15) is 37.8 Å². The molecule has 1 aliphatic rings. The van der Waals surface area contributed by atoms with E-state index in [1.54, 1.807) is 0 Å². The highest BCUT2D eigenvalue weighted by Gasteiger charge is 2.60. The molecule has 1 fully saturated rings. The summed E-state index contributed by atoms with van der Waals surface area (Å²) < 4.78 is 0. The maximum absolute atomic E-state index is 12.6. The predicted molar refractivity (Wildman–Crippen MR) is 93.3 cm³/mol. The van der Waals surface area contributed by atoms with Crippen LogP contribution in [0, 0.1) is 5.92 Å². The van der Waals surface area contributed by atoms with E-state index in [9.17, 15) is 4.79 Å². The molecule has 0 aliphatic heterocycles. The van der Waals surface area contributed by atoms with Gasteiger partial charge in [0.15, 0.2) is 0 Å². The van der Waals surface area contributed by atoms with Crippen molar-refractivity contribution in [3.8, 4) is 0 Å². The molecule has 2 aromatic carbocycles. The Bertz CT molecular complexity index is 667. The van der Waals surface area contributed by atoms with Crippen molar-refractivity contribution in [2.75, 3.05) is 0 Å². The highest BCUT2D eigenvalue weighted by atomic mass is 16.2. The van der Waals surface area contributed by atoms with E-state index in [0.29, 0.717) is 0 Å². The second kappa shape index (κ2) is 6.37. The summed E-state index contributed by atoms with van der Waals surface area (Å²) in [5.41, 5.74) is 5.85. The molecule has 0 saturated heterocycles. The Balaban J connectivity index is 1.91. The van der Waals surface area contributed by atoms with Gasteiger partial charge in [0.25, 0.3) is 0 Å².